The predicted octanol–water partition coefficient (Wildman–Crippen LogP) is 2.18. The summed E-state index contributed by atoms with van der Waals surface area (Å²) in [5.41, 5.74) is 0. The van der Waals surface area contributed by atoms with Crippen LogP contribution in [0.2, 0.25) is 0 Å². The van der Waals surface area contributed by atoms with Crippen molar-refractivity contribution in [3.05, 3.63) is 11.6 Å². The van der Waals surface area contributed by atoms with Crippen LogP contribution in [0.25, 0.3) is 0 Å². The highest BCUT2D eigenvalue weighted by molar-refractivity contribution is 6.16. The number of hydrogen-bond donors (Lipinski definition) is 0. The summed E-state index contributed by atoms with van der Waals surface area (Å²) < 4.78 is 7.22. The van der Waals surface area contributed by atoms with E-state index in [9.17, 15) is 0 Å². The van der Waals surface area contributed by atoms with Crippen LogP contribution in [0.15, 0.2) is 0 Å². The van der Waals surface area contributed by atoms with Gasteiger partial charge >= 0.3 is 0 Å². The first kappa shape index (κ1) is 11.9. The van der Waals surface area contributed by atoms with Gasteiger partial charge in [-0.15, -0.1) is 21.8 Å². The number of ether oxygens (including phenoxy) is 1. The van der Waals surface area contributed by atoms with Gasteiger partial charge in [0.15, 0.2) is 0 Å². The van der Waals surface area contributed by atoms with Crippen LogP contribution in [0.1, 0.15) is 37.3 Å². The van der Waals surface area contributed by atoms with Crippen LogP contribution in [0.4, 0.5) is 0 Å². The van der Waals surface area contributed by atoms with Crippen LogP contribution in [0.5, 0.6) is 0 Å². The molecule has 5 heteroatoms. The largest absolute Gasteiger partial charge is 0.383 e. The molecule has 1 saturated carbocycles. The van der Waals surface area contributed by atoms with E-state index in [-0.39, 0.29) is 0 Å². The van der Waals surface area contributed by atoms with Crippen LogP contribution in [0.3, 0.4) is 0 Å². The highest BCUT2D eigenvalue weighted by atomic mass is 35.5. The number of nitrogens with zero attached hydrogens (tertiary/aromatic N) is 3. The molecule has 16 heavy (non-hydrogen) atoms. The fourth-order valence-corrected chi connectivity index (χ4v) is 2.22. The number of hydrogen-bond acceptors (Lipinski definition) is 3. The quantitative estimate of drug-likeness (QED) is 0.719. The fraction of sp³-hybridized carbons (Fsp3) is 0.818. The summed E-state index contributed by atoms with van der Waals surface area (Å²) in [6, 6.07) is 0. The normalized spacial score (nSPS) is 17.7. The molecule has 0 spiro atoms. The van der Waals surface area contributed by atoms with Crippen molar-refractivity contribution in [2.75, 3.05) is 13.7 Å². The first-order valence-corrected chi connectivity index (χ1v) is 6.28. The molecule has 1 unspecified atom stereocenters. The van der Waals surface area contributed by atoms with Crippen molar-refractivity contribution in [1.82, 2.24) is 14.8 Å². The standard InChI is InChI=1S/C11H18ClN3O/c1-8(9-3-4-9)11-14-13-10(7-12)15(11)5-6-16-2/h8-9H,3-7H2,1-2H3. The Labute approximate surface area is 101 Å². The Bertz CT molecular complexity index is 349. The Hall–Kier alpha value is -0.610. The first-order chi connectivity index (χ1) is 7.77. The summed E-state index contributed by atoms with van der Waals surface area (Å²) in [6.45, 7) is 3.69. The summed E-state index contributed by atoms with van der Waals surface area (Å²) in [5.74, 6) is 3.60. The Morgan fingerprint density at radius 3 is 2.81 bits per heavy atom. The Balaban J connectivity index is 2.18. The zero-order chi connectivity index (χ0) is 11.5. The predicted molar refractivity (Wildman–Crippen MR) is 62.6 cm³/mol. The Morgan fingerprint density at radius 1 is 1.50 bits per heavy atom. The van der Waals surface area contributed by atoms with Gasteiger partial charge in [0.2, 0.25) is 0 Å². The molecule has 0 saturated heterocycles. The van der Waals surface area contributed by atoms with Crippen molar-refractivity contribution in [3.63, 3.8) is 0 Å². The van der Waals surface area contributed by atoms with E-state index in [1.54, 1.807) is 7.11 Å². The summed E-state index contributed by atoms with van der Waals surface area (Å²) in [7, 11) is 1.70. The van der Waals surface area contributed by atoms with Gasteiger partial charge in [0, 0.05) is 19.6 Å². The van der Waals surface area contributed by atoms with Gasteiger partial charge < -0.3 is 9.30 Å². The number of halogens is 1. The van der Waals surface area contributed by atoms with Crippen molar-refractivity contribution < 1.29 is 4.74 Å². The van der Waals surface area contributed by atoms with Crippen LogP contribution in [-0.2, 0) is 17.2 Å². The summed E-state index contributed by atoms with van der Waals surface area (Å²) >= 11 is 5.86. The zero-order valence-corrected chi connectivity index (χ0v) is 10.6. The summed E-state index contributed by atoms with van der Waals surface area (Å²) in [4.78, 5) is 0. The SMILES string of the molecule is COCCn1c(CCl)nnc1C(C)C1CC1. The van der Waals surface area contributed by atoms with Crippen molar-refractivity contribution >= 4 is 11.6 Å². The van der Waals surface area contributed by atoms with E-state index in [2.05, 4.69) is 21.7 Å². The second-order valence-electron chi connectivity index (χ2n) is 4.38. The monoisotopic (exact) mass is 243 g/mol. The van der Waals surface area contributed by atoms with Gasteiger partial charge in [-0.05, 0) is 18.8 Å². The molecular formula is C11H18ClN3O. The molecule has 1 aromatic rings. The highest BCUT2D eigenvalue weighted by Crippen LogP contribution is 2.41. The summed E-state index contributed by atoms with van der Waals surface area (Å²) in [6.07, 6.45) is 2.63. The van der Waals surface area contributed by atoms with Crippen molar-refractivity contribution in [2.24, 2.45) is 5.92 Å². The van der Waals surface area contributed by atoms with Crippen molar-refractivity contribution in [1.29, 1.82) is 0 Å². The molecule has 0 aromatic carbocycles. The first-order valence-electron chi connectivity index (χ1n) is 5.74. The molecule has 1 heterocycles. The van der Waals surface area contributed by atoms with Crippen molar-refractivity contribution in [3.8, 4) is 0 Å². The molecule has 90 valence electrons. The molecule has 1 atom stereocenters. The average molecular weight is 244 g/mol. The third kappa shape index (κ3) is 2.38. The third-order valence-electron chi connectivity index (χ3n) is 3.23. The molecule has 0 radical (unpaired) electrons. The minimum Gasteiger partial charge on any atom is -0.383 e. The zero-order valence-electron chi connectivity index (χ0n) is 9.82. The third-order valence-corrected chi connectivity index (χ3v) is 3.47. The second-order valence-corrected chi connectivity index (χ2v) is 4.65. The number of alkyl halides is 1. The molecule has 0 N–H and O–H groups in total. The Kier molecular flexibility index (Phi) is 3.82. The topological polar surface area (TPSA) is 39.9 Å². The molecule has 2 rings (SSSR count). The van der Waals surface area contributed by atoms with E-state index in [0.29, 0.717) is 18.4 Å². The van der Waals surface area contributed by atoms with Crippen molar-refractivity contribution in [2.45, 2.75) is 38.1 Å². The van der Waals surface area contributed by atoms with Gasteiger partial charge in [-0.25, -0.2) is 0 Å². The maximum atomic E-state index is 5.86. The minimum atomic E-state index is 0.411. The highest BCUT2D eigenvalue weighted by Gasteiger charge is 2.32. The second kappa shape index (κ2) is 5.15. The molecular weight excluding hydrogens is 226 g/mol. The van der Waals surface area contributed by atoms with E-state index >= 15 is 0 Å². The van der Waals surface area contributed by atoms with Gasteiger partial charge in [-0.3, -0.25) is 0 Å². The van der Waals surface area contributed by atoms with Gasteiger partial charge in [0.1, 0.15) is 11.6 Å². The van der Waals surface area contributed by atoms with E-state index in [4.69, 9.17) is 16.3 Å². The van der Waals surface area contributed by atoms with Gasteiger partial charge in [-0.1, -0.05) is 6.92 Å². The molecule has 4 nitrogen and oxygen atoms in total. The lowest BCUT2D eigenvalue weighted by atomic mass is 10.1. The van der Waals surface area contributed by atoms with Gasteiger partial charge in [0.25, 0.3) is 0 Å². The maximum Gasteiger partial charge on any atom is 0.148 e. The van der Waals surface area contributed by atoms with E-state index in [1.807, 2.05) is 0 Å². The molecule has 1 aromatic heterocycles. The van der Waals surface area contributed by atoms with Gasteiger partial charge in [-0.2, -0.15) is 0 Å². The van der Waals surface area contributed by atoms with E-state index < -0.39 is 0 Å². The molecule has 0 bridgehead atoms. The lowest BCUT2D eigenvalue weighted by molar-refractivity contribution is 0.185. The number of methoxy groups -OCH3 is 1. The average Bonchev–Trinajstić information content (AvgIpc) is 3.06. The summed E-state index contributed by atoms with van der Waals surface area (Å²) in [5, 5.41) is 8.42. The molecule has 1 fully saturated rings. The van der Waals surface area contributed by atoms with Crippen LogP contribution in [-0.4, -0.2) is 28.5 Å². The molecule has 1 aliphatic rings. The van der Waals surface area contributed by atoms with Gasteiger partial charge in [0.05, 0.1) is 12.5 Å². The Morgan fingerprint density at radius 2 is 2.25 bits per heavy atom. The maximum absolute atomic E-state index is 5.86. The molecule has 1 aliphatic carbocycles. The lowest BCUT2D eigenvalue weighted by Crippen LogP contribution is -2.13. The van der Waals surface area contributed by atoms with E-state index in [1.165, 1.54) is 12.8 Å². The molecule has 0 aliphatic heterocycles. The van der Waals surface area contributed by atoms with Crippen LogP contribution < -0.4 is 0 Å². The number of aromatic nitrogens is 3. The minimum absolute atomic E-state index is 0.411. The lowest BCUT2D eigenvalue weighted by Gasteiger charge is -2.13. The molecule has 0 amide bonds. The van der Waals surface area contributed by atoms with Crippen LogP contribution in [0, 0.1) is 5.92 Å². The number of rotatable bonds is 6. The van der Waals surface area contributed by atoms with E-state index in [0.717, 1.165) is 24.1 Å². The van der Waals surface area contributed by atoms with Crippen LogP contribution >= 0.6 is 11.6 Å². The smallest absolute Gasteiger partial charge is 0.148 e. The fourth-order valence-electron chi connectivity index (χ4n) is 2.02.